The molecule has 0 fully saturated rings. The molecule has 0 unspecified atom stereocenters. The highest BCUT2D eigenvalue weighted by molar-refractivity contribution is 5.94. The Balaban J connectivity index is 2.17. The fraction of sp³-hybridized carbons (Fsp3) is 0.400. The van der Waals surface area contributed by atoms with E-state index in [1.807, 2.05) is 18.2 Å². The smallest absolute Gasteiger partial charge is 0.252 e. The Morgan fingerprint density at radius 2 is 1.92 bits per heavy atom. The minimum absolute atomic E-state index is 0.0339. The van der Waals surface area contributed by atoms with Gasteiger partial charge in [-0.25, -0.2) is 0 Å². The van der Waals surface area contributed by atoms with Crippen LogP contribution >= 0.6 is 0 Å². The van der Waals surface area contributed by atoms with E-state index in [1.165, 1.54) is 5.56 Å². The molecule has 0 saturated carbocycles. The molecule has 4 heteroatoms. The summed E-state index contributed by atoms with van der Waals surface area (Å²) in [6.45, 7) is 9.35. The normalized spacial score (nSPS) is 11.2. The maximum Gasteiger partial charge on any atom is 0.252 e. The van der Waals surface area contributed by atoms with Crippen molar-refractivity contribution in [1.29, 1.82) is 0 Å². The molecule has 0 bridgehead atoms. The summed E-state index contributed by atoms with van der Waals surface area (Å²) in [5.74, 6) is -0.0799. The van der Waals surface area contributed by atoms with Gasteiger partial charge in [-0.3, -0.25) is 9.78 Å². The molecule has 128 valence electrons. The number of amides is 1. The Hall–Kier alpha value is -2.36. The second kappa shape index (κ2) is 7.95. The van der Waals surface area contributed by atoms with Gasteiger partial charge in [-0.1, -0.05) is 52.3 Å². The molecule has 2 N–H and O–H groups in total. The molecule has 0 saturated heterocycles. The SMILES string of the molecule is CCCCNC(=O)c1cncc(Nc2ccccc2C(C)(C)C)c1. The van der Waals surface area contributed by atoms with Crippen LogP contribution in [0.4, 0.5) is 11.4 Å². The number of anilines is 2. The number of para-hydroxylation sites is 1. The Labute approximate surface area is 144 Å². The van der Waals surface area contributed by atoms with Crippen molar-refractivity contribution in [2.75, 3.05) is 11.9 Å². The van der Waals surface area contributed by atoms with Gasteiger partial charge < -0.3 is 10.6 Å². The first-order valence-corrected chi connectivity index (χ1v) is 8.51. The van der Waals surface area contributed by atoms with E-state index in [0.717, 1.165) is 24.2 Å². The van der Waals surface area contributed by atoms with Crippen LogP contribution in [-0.4, -0.2) is 17.4 Å². The lowest BCUT2D eigenvalue weighted by Crippen LogP contribution is -2.24. The number of unbranched alkanes of at least 4 members (excludes halogenated alkanes) is 1. The van der Waals surface area contributed by atoms with Crippen LogP contribution in [-0.2, 0) is 5.41 Å². The zero-order valence-corrected chi connectivity index (χ0v) is 15.0. The minimum Gasteiger partial charge on any atom is -0.354 e. The molecule has 1 aromatic carbocycles. The quantitative estimate of drug-likeness (QED) is 0.760. The monoisotopic (exact) mass is 325 g/mol. The highest BCUT2D eigenvalue weighted by atomic mass is 16.1. The van der Waals surface area contributed by atoms with Crippen LogP contribution in [0.25, 0.3) is 0 Å². The molecule has 2 rings (SSSR count). The Morgan fingerprint density at radius 3 is 2.62 bits per heavy atom. The van der Waals surface area contributed by atoms with Gasteiger partial charge in [-0.05, 0) is 29.5 Å². The number of hydrogen-bond donors (Lipinski definition) is 2. The maximum absolute atomic E-state index is 12.2. The van der Waals surface area contributed by atoms with E-state index in [4.69, 9.17) is 0 Å². The lowest BCUT2D eigenvalue weighted by molar-refractivity contribution is 0.0953. The van der Waals surface area contributed by atoms with Gasteiger partial charge in [0.15, 0.2) is 0 Å². The van der Waals surface area contributed by atoms with Crippen LogP contribution in [0.15, 0.2) is 42.7 Å². The van der Waals surface area contributed by atoms with E-state index in [0.29, 0.717) is 12.1 Å². The molecule has 0 spiro atoms. The van der Waals surface area contributed by atoms with Crippen molar-refractivity contribution in [3.05, 3.63) is 53.9 Å². The Kier molecular flexibility index (Phi) is 5.96. The molecule has 0 atom stereocenters. The van der Waals surface area contributed by atoms with Crippen LogP contribution < -0.4 is 10.6 Å². The summed E-state index contributed by atoms with van der Waals surface area (Å²) in [7, 11) is 0. The van der Waals surface area contributed by atoms with Gasteiger partial charge in [0.05, 0.1) is 17.4 Å². The van der Waals surface area contributed by atoms with E-state index in [9.17, 15) is 4.79 Å². The van der Waals surface area contributed by atoms with Crippen molar-refractivity contribution in [3.8, 4) is 0 Å². The molecule has 0 aliphatic heterocycles. The van der Waals surface area contributed by atoms with Crippen molar-refractivity contribution >= 4 is 17.3 Å². The largest absolute Gasteiger partial charge is 0.354 e. The summed E-state index contributed by atoms with van der Waals surface area (Å²) < 4.78 is 0. The first-order valence-electron chi connectivity index (χ1n) is 8.51. The average Bonchev–Trinajstić information content (AvgIpc) is 2.55. The summed E-state index contributed by atoms with van der Waals surface area (Å²) in [5.41, 5.74) is 3.68. The van der Waals surface area contributed by atoms with Gasteiger partial charge in [-0.15, -0.1) is 0 Å². The Bertz CT molecular complexity index is 689. The highest BCUT2D eigenvalue weighted by Gasteiger charge is 2.17. The van der Waals surface area contributed by atoms with E-state index in [-0.39, 0.29) is 11.3 Å². The van der Waals surface area contributed by atoms with E-state index < -0.39 is 0 Å². The number of benzene rings is 1. The molecule has 24 heavy (non-hydrogen) atoms. The molecule has 1 aromatic heterocycles. The van der Waals surface area contributed by atoms with Crippen LogP contribution in [0.3, 0.4) is 0 Å². The fourth-order valence-corrected chi connectivity index (χ4v) is 2.51. The molecule has 0 aliphatic rings. The third-order valence-electron chi connectivity index (χ3n) is 3.83. The first kappa shape index (κ1) is 18.0. The lowest BCUT2D eigenvalue weighted by atomic mass is 9.86. The summed E-state index contributed by atoms with van der Waals surface area (Å²) in [4.78, 5) is 16.4. The maximum atomic E-state index is 12.2. The lowest BCUT2D eigenvalue weighted by Gasteiger charge is -2.23. The van der Waals surface area contributed by atoms with Gasteiger partial charge in [0.25, 0.3) is 5.91 Å². The third-order valence-corrected chi connectivity index (χ3v) is 3.83. The number of aromatic nitrogens is 1. The number of nitrogens with zero attached hydrogens (tertiary/aromatic N) is 1. The number of carbonyl (C=O) groups is 1. The van der Waals surface area contributed by atoms with Gasteiger partial charge in [0, 0.05) is 18.4 Å². The molecule has 1 amide bonds. The highest BCUT2D eigenvalue weighted by Crippen LogP contribution is 2.31. The van der Waals surface area contributed by atoms with Crippen LogP contribution in [0.2, 0.25) is 0 Å². The van der Waals surface area contributed by atoms with Crippen molar-refractivity contribution in [1.82, 2.24) is 10.3 Å². The van der Waals surface area contributed by atoms with E-state index in [2.05, 4.69) is 55.4 Å². The third kappa shape index (κ3) is 4.82. The molecule has 2 aromatic rings. The zero-order chi connectivity index (χ0) is 17.6. The fourth-order valence-electron chi connectivity index (χ4n) is 2.51. The van der Waals surface area contributed by atoms with Gasteiger partial charge in [0.1, 0.15) is 0 Å². The standard InChI is InChI=1S/C20H27N3O/c1-5-6-11-22-19(24)15-12-16(14-21-13-15)23-18-10-8-7-9-17(18)20(2,3)4/h7-10,12-14,23H,5-6,11H2,1-4H3,(H,22,24). The minimum atomic E-state index is -0.0799. The predicted octanol–water partition coefficient (Wildman–Crippen LogP) is 4.65. The predicted molar refractivity (Wildman–Crippen MR) is 99.9 cm³/mol. The summed E-state index contributed by atoms with van der Waals surface area (Å²) in [6, 6.07) is 10.1. The number of pyridine rings is 1. The molecular formula is C20H27N3O. The van der Waals surface area contributed by atoms with E-state index >= 15 is 0 Å². The number of carbonyl (C=O) groups excluding carboxylic acids is 1. The summed E-state index contributed by atoms with van der Waals surface area (Å²) >= 11 is 0. The molecule has 1 heterocycles. The van der Waals surface area contributed by atoms with Crippen molar-refractivity contribution in [2.45, 2.75) is 46.0 Å². The van der Waals surface area contributed by atoms with Crippen LogP contribution in [0.5, 0.6) is 0 Å². The number of rotatable bonds is 6. The van der Waals surface area contributed by atoms with Gasteiger partial charge in [0.2, 0.25) is 0 Å². The van der Waals surface area contributed by atoms with Crippen LogP contribution in [0.1, 0.15) is 56.5 Å². The molecule has 0 aliphatic carbocycles. The molecular weight excluding hydrogens is 298 g/mol. The number of hydrogen-bond acceptors (Lipinski definition) is 3. The molecule has 0 radical (unpaired) electrons. The number of nitrogens with one attached hydrogen (secondary N) is 2. The van der Waals surface area contributed by atoms with Crippen molar-refractivity contribution in [3.63, 3.8) is 0 Å². The van der Waals surface area contributed by atoms with Gasteiger partial charge >= 0.3 is 0 Å². The topological polar surface area (TPSA) is 54.0 Å². The average molecular weight is 325 g/mol. The van der Waals surface area contributed by atoms with Crippen molar-refractivity contribution in [2.24, 2.45) is 0 Å². The second-order valence-corrected chi connectivity index (χ2v) is 6.99. The summed E-state index contributed by atoms with van der Waals surface area (Å²) in [6.07, 6.45) is 5.38. The second-order valence-electron chi connectivity index (χ2n) is 6.99. The van der Waals surface area contributed by atoms with Crippen molar-refractivity contribution < 1.29 is 4.79 Å². The first-order chi connectivity index (χ1) is 11.4. The Morgan fingerprint density at radius 1 is 1.17 bits per heavy atom. The van der Waals surface area contributed by atoms with Gasteiger partial charge in [-0.2, -0.15) is 0 Å². The van der Waals surface area contributed by atoms with Crippen LogP contribution in [0, 0.1) is 0 Å². The van der Waals surface area contributed by atoms with E-state index in [1.54, 1.807) is 12.4 Å². The summed E-state index contributed by atoms with van der Waals surface area (Å²) in [5, 5.41) is 6.32. The zero-order valence-electron chi connectivity index (χ0n) is 15.0. The molecule has 4 nitrogen and oxygen atoms in total.